The zero-order chi connectivity index (χ0) is 12.1. The summed E-state index contributed by atoms with van der Waals surface area (Å²) in [6.07, 6.45) is 0. The Bertz CT molecular complexity index is 575. The number of carbonyl (C=O) groups excluding carboxylic acids is 1. The second kappa shape index (κ2) is 3.31. The highest BCUT2D eigenvalue weighted by atomic mass is 32.2. The highest BCUT2D eigenvalue weighted by molar-refractivity contribution is 7.93. The van der Waals surface area contributed by atoms with Crippen molar-refractivity contribution in [1.82, 2.24) is 0 Å². The van der Waals surface area contributed by atoms with E-state index in [0.29, 0.717) is 5.69 Å². The summed E-state index contributed by atoms with van der Waals surface area (Å²) >= 11 is 0. The number of rotatable bonds is 0. The van der Waals surface area contributed by atoms with Gasteiger partial charge in [-0.3, -0.25) is 4.79 Å². The molecule has 0 bridgehead atoms. The summed E-state index contributed by atoms with van der Waals surface area (Å²) in [5, 5.41) is 1.60. The van der Waals surface area contributed by atoms with Gasteiger partial charge in [-0.25, -0.2) is 8.42 Å². The van der Waals surface area contributed by atoms with Crippen LogP contribution in [-0.4, -0.2) is 19.6 Å². The van der Waals surface area contributed by atoms with Gasteiger partial charge in [-0.15, -0.1) is 0 Å². The smallest absolute Gasteiger partial charge is 0.242 e. The Morgan fingerprint density at radius 2 is 1.75 bits per heavy atom. The lowest BCUT2D eigenvalue weighted by Crippen LogP contribution is -2.37. The Hall–Kier alpha value is -1.36. The molecule has 2 rings (SSSR count). The number of hydrogen-bond acceptors (Lipinski definition) is 3. The standard InChI is InChI=1S/C11H13NO3S/c1-6-4-9-10(5-7(6)2)16(14,15)8(3)11(13)12-9/h4-5,8H,1-3H3,(H,12,13). The molecule has 0 fully saturated rings. The van der Waals surface area contributed by atoms with Gasteiger partial charge in [0.2, 0.25) is 5.91 Å². The number of benzene rings is 1. The summed E-state index contributed by atoms with van der Waals surface area (Å²) in [7, 11) is -3.52. The molecule has 1 atom stereocenters. The van der Waals surface area contributed by atoms with Crippen molar-refractivity contribution in [2.24, 2.45) is 0 Å². The molecular formula is C11H13NO3S. The third-order valence-electron chi connectivity index (χ3n) is 2.99. The van der Waals surface area contributed by atoms with E-state index in [-0.39, 0.29) is 4.90 Å². The Labute approximate surface area is 94.6 Å². The fraction of sp³-hybridized carbons (Fsp3) is 0.364. The molecule has 0 aliphatic carbocycles. The molecule has 5 heteroatoms. The average Bonchev–Trinajstić information content (AvgIpc) is 2.19. The van der Waals surface area contributed by atoms with Crippen molar-refractivity contribution in [3.05, 3.63) is 23.3 Å². The number of nitrogens with one attached hydrogen (secondary N) is 1. The maximum Gasteiger partial charge on any atom is 0.242 e. The third-order valence-corrected chi connectivity index (χ3v) is 5.09. The van der Waals surface area contributed by atoms with Crippen molar-refractivity contribution in [1.29, 1.82) is 0 Å². The molecule has 1 aromatic carbocycles. The van der Waals surface area contributed by atoms with E-state index in [2.05, 4.69) is 5.32 Å². The van der Waals surface area contributed by atoms with Crippen LogP contribution >= 0.6 is 0 Å². The maximum atomic E-state index is 12.0. The third kappa shape index (κ3) is 1.43. The largest absolute Gasteiger partial charge is 0.324 e. The van der Waals surface area contributed by atoms with Crippen LogP contribution in [0.4, 0.5) is 5.69 Å². The Morgan fingerprint density at radius 1 is 1.19 bits per heavy atom. The van der Waals surface area contributed by atoms with E-state index in [9.17, 15) is 13.2 Å². The first-order chi connectivity index (χ1) is 7.34. The Balaban J connectivity index is 2.76. The first-order valence-corrected chi connectivity index (χ1v) is 6.54. The minimum absolute atomic E-state index is 0.225. The number of sulfone groups is 1. The number of fused-ring (bicyclic) bond motifs is 1. The zero-order valence-electron chi connectivity index (χ0n) is 9.37. The van der Waals surface area contributed by atoms with Crippen LogP contribution < -0.4 is 5.32 Å². The van der Waals surface area contributed by atoms with Gasteiger partial charge in [-0.05, 0) is 44.0 Å². The predicted octanol–water partition coefficient (Wildman–Crippen LogP) is 1.42. The molecule has 0 aromatic heterocycles. The lowest BCUT2D eigenvalue weighted by Gasteiger charge is -2.23. The number of aryl methyl sites for hydroxylation is 2. The van der Waals surface area contributed by atoms with Crippen LogP contribution in [-0.2, 0) is 14.6 Å². The normalized spacial score (nSPS) is 22.4. The molecule has 0 spiro atoms. The fourth-order valence-electron chi connectivity index (χ4n) is 1.69. The first-order valence-electron chi connectivity index (χ1n) is 5.00. The summed E-state index contributed by atoms with van der Waals surface area (Å²) in [6.45, 7) is 5.14. The average molecular weight is 239 g/mol. The number of carbonyl (C=O) groups is 1. The number of anilines is 1. The number of hydrogen-bond donors (Lipinski definition) is 1. The summed E-state index contributed by atoms with van der Waals surface area (Å²) in [5.74, 6) is -0.462. The van der Waals surface area contributed by atoms with E-state index in [4.69, 9.17) is 0 Å². The van der Waals surface area contributed by atoms with E-state index < -0.39 is 21.0 Å². The summed E-state index contributed by atoms with van der Waals surface area (Å²) in [4.78, 5) is 11.7. The van der Waals surface area contributed by atoms with Gasteiger partial charge in [-0.2, -0.15) is 0 Å². The SMILES string of the molecule is Cc1cc2c(cc1C)S(=O)(=O)C(C)C(=O)N2. The lowest BCUT2D eigenvalue weighted by atomic mass is 10.1. The van der Waals surface area contributed by atoms with Crippen molar-refractivity contribution in [3.8, 4) is 0 Å². The van der Waals surface area contributed by atoms with E-state index in [1.165, 1.54) is 6.92 Å². The van der Waals surface area contributed by atoms with Crippen molar-refractivity contribution in [2.75, 3.05) is 5.32 Å². The summed E-state index contributed by atoms with van der Waals surface area (Å²) in [5.41, 5.74) is 2.26. The molecular weight excluding hydrogens is 226 g/mol. The van der Waals surface area contributed by atoms with E-state index in [0.717, 1.165) is 11.1 Å². The molecule has 1 amide bonds. The summed E-state index contributed by atoms with van der Waals surface area (Å²) < 4.78 is 24.0. The summed E-state index contributed by atoms with van der Waals surface area (Å²) in [6, 6.07) is 3.32. The fourth-order valence-corrected chi connectivity index (χ4v) is 3.17. The molecule has 0 saturated carbocycles. The zero-order valence-corrected chi connectivity index (χ0v) is 10.2. The molecule has 0 radical (unpaired) electrons. The van der Waals surface area contributed by atoms with Crippen LogP contribution in [0.1, 0.15) is 18.1 Å². The monoisotopic (exact) mass is 239 g/mol. The van der Waals surface area contributed by atoms with Crippen LogP contribution in [0.3, 0.4) is 0 Å². The molecule has 86 valence electrons. The van der Waals surface area contributed by atoms with Gasteiger partial charge in [0.05, 0.1) is 10.6 Å². The van der Waals surface area contributed by atoms with Gasteiger partial charge in [0, 0.05) is 0 Å². The first kappa shape index (κ1) is 11.1. The second-order valence-corrected chi connectivity index (χ2v) is 6.35. The highest BCUT2D eigenvalue weighted by Gasteiger charge is 2.36. The highest BCUT2D eigenvalue weighted by Crippen LogP contribution is 2.32. The Kier molecular flexibility index (Phi) is 2.31. The van der Waals surface area contributed by atoms with Crippen LogP contribution in [0.5, 0.6) is 0 Å². The van der Waals surface area contributed by atoms with E-state index in [1.54, 1.807) is 12.1 Å². The topological polar surface area (TPSA) is 63.2 Å². The van der Waals surface area contributed by atoms with Crippen LogP contribution in [0.25, 0.3) is 0 Å². The van der Waals surface area contributed by atoms with Crippen LogP contribution in [0.2, 0.25) is 0 Å². The molecule has 0 saturated heterocycles. The van der Waals surface area contributed by atoms with Crippen LogP contribution in [0.15, 0.2) is 17.0 Å². The van der Waals surface area contributed by atoms with Gasteiger partial charge in [-0.1, -0.05) is 0 Å². The van der Waals surface area contributed by atoms with Gasteiger partial charge in [0.15, 0.2) is 9.84 Å². The van der Waals surface area contributed by atoms with E-state index >= 15 is 0 Å². The van der Waals surface area contributed by atoms with Crippen molar-refractivity contribution in [3.63, 3.8) is 0 Å². The van der Waals surface area contributed by atoms with Gasteiger partial charge >= 0.3 is 0 Å². The molecule has 1 aromatic rings. The van der Waals surface area contributed by atoms with Crippen molar-refractivity contribution in [2.45, 2.75) is 30.9 Å². The molecule has 16 heavy (non-hydrogen) atoms. The quantitative estimate of drug-likeness (QED) is 0.744. The lowest BCUT2D eigenvalue weighted by molar-refractivity contribution is -0.115. The molecule has 1 aliphatic rings. The van der Waals surface area contributed by atoms with Gasteiger partial charge in [0.25, 0.3) is 0 Å². The van der Waals surface area contributed by atoms with Gasteiger partial charge < -0.3 is 5.32 Å². The minimum atomic E-state index is -3.52. The minimum Gasteiger partial charge on any atom is -0.324 e. The second-order valence-electron chi connectivity index (χ2n) is 4.11. The number of amides is 1. The maximum absolute atomic E-state index is 12.0. The van der Waals surface area contributed by atoms with Crippen LogP contribution in [0, 0.1) is 13.8 Å². The van der Waals surface area contributed by atoms with Crippen molar-refractivity contribution >= 4 is 21.4 Å². The predicted molar refractivity (Wildman–Crippen MR) is 61.2 cm³/mol. The van der Waals surface area contributed by atoms with Gasteiger partial charge in [0.1, 0.15) is 5.25 Å². The van der Waals surface area contributed by atoms with E-state index in [1.807, 2.05) is 13.8 Å². The van der Waals surface area contributed by atoms with Crippen molar-refractivity contribution < 1.29 is 13.2 Å². The Morgan fingerprint density at radius 3 is 2.38 bits per heavy atom. The molecule has 1 heterocycles. The molecule has 4 nitrogen and oxygen atoms in total. The molecule has 1 N–H and O–H groups in total. The molecule has 1 aliphatic heterocycles. The molecule has 1 unspecified atom stereocenters.